The highest BCUT2D eigenvalue weighted by Crippen LogP contribution is 2.36. The first-order valence-corrected chi connectivity index (χ1v) is 9.71. The Hall–Kier alpha value is -3.23. The van der Waals surface area contributed by atoms with Gasteiger partial charge in [0.05, 0.1) is 16.4 Å². The molecule has 0 amide bonds. The molecule has 0 aliphatic heterocycles. The summed E-state index contributed by atoms with van der Waals surface area (Å²) in [6.07, 6.45) is 0. The van der Waals surface area contributed by atoms with Crippen LogP contribution >= 0.6 is 23.2 Å². The van der Waals surface area contributed by atoms with Crippen molar-refractivity contribution in [3.63, 3.8) is 0 Å². The van der Waals surface area contributed by atoms with E-state index in [1.807, 2.05) is 13.0 Å². The first kappa shape index (κ1) is 21.0. The van der Waals surface area contributed by atoms with Crippen LogP contribution in [-0.4, -0.2) is 32.7 Å². The Kier molecular flexibility index (Phi) is 5.28. The van der Waals surface area contributed by atoms with Gasteiger partial charge in [-0.25, -0.2) is 18.6 Å². The molecule has 4 aromatic rings. The first-order valence-electron chi connectivity index (χ1n) is 8.95. The first-order chi connectivity index (χ1) is 14.7. The minimum absolute atomic E-state index is 0.130. The summed E-state index contributed by atoms with van der Waals surface area (Å²) in [5.74, 6) is -2.72. The highest BCUT2D eigenvalue weighted by molar-refractivity contribution is 6.33. The molecule has 6 nitrogen and oxygen atoms in total. The maximum Gasteiger partial charge on any atom is 0.356 e. The van der Waals surface area contributed by atoms with Gasteiger partial charge in [-0.3, -0.25) is 0 Å². The van der Waals surface area contributed by atoms with Crippen molar-refractivity contribution in [2.24, 2.45) is 0 Å². The fraction of sp³-hybridized carbons (Fsp3) is 0.0952. The molecule has 2 heterocycles. The van der Waals surface area contributed by atoms with Crippen molar-refractivity contribution in [1.82, 2.24) is 14.6 Å². The van der Waals surface area contributed by atoms with Crippen LogP contribution in [-0.2, 0) is 0 Å². The molecule has 10 heteroatoms. The Bertz CT molecular complexity index is 1310. The molecule has 0 saturated heterocycles. The van der Waals surface area contributed by atoms with Crippen molar-refractivity contribution in [2.75, 3.05) is 11.9 Å². The number of carboxylic acid groups (broad SMARTS) is 1. The molecule has 0 unspecified atom stereocenters. The average Bonchev–Trinajstić information content (AvgIpc) is 3.15. The van der Waals surface area contributed by atoms with Crippen LogP contribution in [0.15, 0.2) is 42.5 Å². The summed E-state index contributed by atoms with van der Waals surface area (Å²) in [5, 5.41) is 13.3. The van der Waals surface area contributed by atoms with Crippen LogP contribution in [0.3, 0.4) is 0 Å². The monoisotopic (exact) mass is 462 g/mol. The van der Waals surface area contributed by atoms with Gasteiger partial charge in [-0.1, -0.05) is 35.3 Å². The molecule has 0 radical (unpaired) electrons. The topological polar surface area (TPSA) is 70.7 Å². The number of aryl methyl sites for hydroxylation is 1. The Labute approximate surface area is 185 Å². The molecule has 0 aliphatic rings. The lowest BCUT2D eigenvalue weighted by molar-refractivity contribution is 0.0690. The largest absolute Gasteiger partial charge is 0.476 e. The summed E-state index contributed by atoms with van der Waals surface area (Å²) in [6, 6.07) is 10.3. The highest BCUT2D eigenvalue weighted by Gasteiger charge is 2.20. The molecule has 0 fully saturated rings. The fourth-order valence-corrected chi connectivity index (χ4v) is 3.77. The summed E-state index contributed by atoms with van der Waals surface area (Å²) < 4.78 is 29.4. The molecule has 0 saturated carbocycles. The second-order valence-corrected chi connectivity index (χ2v) is 7.61. The number of anilines is 2. The van der Waals surface area contributed by atoms with Gasteiger partial charge in [-0.2, -0.15) is 9.61 Å². The molecular formula is C21H14Cl2F2N4O2. The maximum atomic E-state index is 14.1. The third kappa shape index (κ3) is 3.68. The Morgan fingerprint density at radius 1 is 1.13 bits per heavy atom. The van der Waals surface area contributed by atoms with E-state index in [1.165, 1.54) is 16.6 Å². The van der Waals surface area contributed by atoms with E-state index >= 15 is 0 Å². The van der Waals surface area contributed by atoms with Gasteiger partial charge in [-0.15, -0.1) is 0 Å². The molecular weight excluding hydrogens is 449 g/mol. The minimum Gasteiger partial charge on any atom is -0.476 e. The Morgan fingerprint density at radius 3 is 2.42 bits per heavy atom. The number of aromatic nitrogens is 3. The number of rotatable bonds is 4. The van der Waals surface area contributed by atoms with E-state index in [0.29, 0.717) is 16.5 Å². The number of carboxylic acids is 1. The van der Waals surface area contributed by atoms with Gasteiger partial charge in [0, 0.05) is 24.7 Å². The third-order valence-electron chi connectivity index (χ3n) is 4.77. The maximum absolute atomic E-state index is 14.1. The Balaban J connectivity index is 2.00. The number of halogens is 4. The van der Waals surface area contributed by atoms with E-state index in [-0.39, 0.29) is 22.6 Å². The van der Waals surface area contributed by atoms with Gasteiger partial charge in [0.25, 0.3) is 0 Å². The lowest BCUT2D eigenvalue weighted by atomic mass is 10.1. The number of carbonyl (C=O) groups is 1. The van der Waals surface area contributed by atoms with E-state index in [4.69, 9.17) is 23.2 Å². The number of fused-ring (bicyclic) bond motifs is 1. The molecule has 2 aromatic carbocycles. The van der Waals surface area contributed by atoms with Crippen LogP contribution in [0.5, 0.6) is 0 Å². The van der Waals surface area contributed by atoms with Gasteiger partial charge in [-0.05, 0) is 30.7 Å². The van der Waals surface area contributed by atoms with E-state index in [9.17, 15) is 18.7 Å². The summed E-state index contributed by atoms with van der Waals surface area (Å²) in [6.45, 7) is 1.87. The molecule has 158 valence electrons. The zero-order valence-corrected chi connectivity index (χ0v) is 17.7. The normalized spacial score (nSPS) is 11.2. The van der Waals surface area contributed by atoms with Crippen molar-refractivity contribution in [3.8, 4) is 11.3 Å². The second kappa shape index (κ2) is 7.79. The van der Waals surface area contributed by atoms with Crippen molar-refractivity contribution >= 4 is 46.3 Å². The van der Waals surface area contributed by atoms with E-state index < -0.39 is 22.6 Å². The van der Waals surface area contributed by atoms with Crippen LogP contribution in [0.1, 0.15) is 16.1 Å². The van der Waals surface area contributed by atoms with Crippen LogP contribution in [0.2, 0.25) is 10.0 Å². The third-order valence-corrected chi connectivity index (χ3v) is 5.44. The average molecular weight is 463 g/mol. The van der Waals surface area contributed by atoms with Gasteiger partial charge < -0.3 is 10.0 Å². The van der Waals surface area contributed by atoms with Crippen molar-refractivity contribution in [2.45, 2.75) is 6.92 Å². The van der Waals surface area contributed by atoms with Crippen LogP contribution in [0, 0.1) is 18.6 Å². The quantitative estimate of drug-likeness (QED) is 0.390. The van der Waals surface area contributed by atoms with Crippen molar-refractivity contribution in [1.29, 1.82) is 0 Å². The Morgan fingerprint density at radius 2 is 1.81 bits per heavy atom. The zero-order chi connectivity index (χ0) is 22.4. The SMILES string of the molecule is Cc1cccc(Cl)c1N(C)c1cc(-c2cc(F)c(Cl)c(F)c2)nc2cc(C(=O)O)nn12. The molecule has 0 atom stereocenters. The number of benzene rings is 2. The van der Waals surface area contributed by atoms with Gasteiger partial charge in [0.2, 0.25) is 0 Å². The predicted molar refractivity (Wildman–Crippen MR) is 115 cm³/mol. The standard InChI is InChI=1S/C21H14Cl2F2N4O2/c1-10-4-3-5-12(22)20(10)28(2)18-9-15(11-6-13(24)19(23)14(25)7-11)26-17-8-16(21(30)31)27-29(17)18/h3-9H,1-2H3,(H,30,31). The lowest BCUT2D eigenvalue weighted by Gasteiger charge is -2.24. The molecule has 0 aliphatic carbocycles. The number of hydrogen-bond donors (Lipinski definition) is 1. The van der Waals surface area contributed by atoms with Gasteiger partial charge >= 0.3 is 5.97 Å². The molecule has 0 spiro atoms. The molecule has 1 N–H and O–H groups in total. The number of hydrogen-bond acceptors (Lipinski definition) is 4. The number of nitrogens with zero attached hydrogens (tertiary/aromatic N) is 4. The highest BCUT2D eigenvalue weighted by atomic mass is 35.5. The van der Waals surface area contributed by atoms with Crippen molar-refractivity contribution < 1.29 is 18.7 Å². The van der Waals surface area contributed by atoms with E-state index in [0.717, 1.165) is 17.7 Å². The summed E-state index contributed by atoms with van der Waals surface area (Å²) in [4.78, 5) is 17.5. The smallest absolute Gasteiger partial charge is 0.356 e. The summed E-state index contributed by atoms with van der Waals surface area (Å²) in [7, 11) is 1.72. The second-order valence-electron chi connectivity index (χ2n) is 6.82. The summed E-state index contributed by atoms with van der Waals surface area (Å²) >= 11 is 12.0. The zero-order valence-electron chi connectivity index (χ0n) is 16.2. The van der Waals surface area contributed by atoms with Gasteiger partial charge in [0.1, 0.15) is 22.5 Å². The lowest BCUT2D eigenvalue weighted by Crippen LogP contribution is -2.16. The van der Waals surface area contributed by atoms with Crippen LogP contribution in [0.25, 0.3) is 16.9 Å². The number of para-hydroxylation sites is 1. The minimum atomic E-state index is -1.24. The van der Waals surface area contributed by atoms with Crippen LogP contribution < -0.4 is 4.90 Å². The van der Waals surface area contributed by atoms with Gasteiger partial charge in [0.15, 0.2) is 11.3 Å². The molecule has 0 bridgehead atoms. The fourth-order valence-electron chi connectivity index (χ4n) is 3.32. The number of aromatic carboxylic acids is 1. The summed E-state index contributed by atoms with van der Waals surface area (Å²) in [5.41, 5.74) is 1.79. The molecule has 2 aromatic heterocycles. The molecule has 4 rings (SSSR count). The molecule has 31 heavy (non-hydrogen) atoms. The van der Waals surface area contributed by atoms with E-state index in [2.05, 4.69) is 10.1 Å². The van der Waals surface area contributed by atoms with Crippen LogP contribution in [0.4, 0.5) is 20.3 Å². The predicted octanol–water partition coefficient (Wildman–Crippen LogP) is 5.76. The van der Waals surface area contributed by atoms with Crippen molar-refractivity contribution in [3.05, 3.63) is 75.4 Å². The van der Waals surface area contributed by atoms with E-state index in [1.54, 1.807) is 24.1 Å².